The van der Waals surface area contributed by atoms with Gasteiger partial charge in [0.15, 0.2) is 6.61 Å². The van der Waals surface area contributed by atoms with Gasteiger partial charge in [-0.1, -0.05) is 30.3 Å². The minimum absolute atomic E-state index is 0.0124. The maximum absolute atomic E-state index is 12.4. The maximum atomic E-state index is 12.4. The van der Waals surface area contributed by atoms with Gasteiger partial charge in [-0.25, -0.2) is 26.7 Å². The highest BCUT2D eigenvalue weighted by Crippen LogP contribution is 2.34. The van der Waals surface area contributed by atoms with E-state index in [0.29, 0.717) is 12.3 Å². The van der Waals surface area contributed by atoms with Crippen LogP contribution in [0.15, 0.2) is 30.3 Å². The average Bonchev–Trinajstić information content (AvgIpc) is 3.12. The van der Waals surface area contributed by atoms with Crippen molar-refractivity contribution in [2.24, 2.45) is 0 Å². The minimum Gasteiger partial charge on any atom is -0.443 e. The topological polar surface area (TPSA) is 84.9 Å². The molecule has 2 fully saturated rings. The smallest absolute Gasteiger partial charge is 0.410 e. The van der Waals surface area contributed by atoms with Gasteiger partial charge in [0, 0.05) is 12.6 Å². The lowest BCUT2D eigenvalue weighted by atomic mass is 9.83. The van der Waals surface area contributed by atoms with Crippen molar-refractivity contribution in [3.63, 3.8) is 0 Å². The lowest BCUT2D eigenvalue weighted by Crippen LogP contribution is -2.49. The van der Waals surface area contributed by atoms with E-state index in [9.17, 15) is 22.0 Å². The van der Waals surface area contributed by atoms with Crippen molar-refractivity contribution < 1.29 is 31.5 Å². The number of sulfonamides is 1. The molecule has 1 aliphatic heterocycles. The van der Waals surface area contributed by atoms with Crippen LogP contribution in [0.2, 0.25) is 0 Å². The number of halogens is 2. The number of likely N-dealkylation sites (tertiary alicyclic amines) is 1. The van der Waals surface area contributed by atoms with Crippen LogP contribution < -0.4 is 4.72 Å². The van der Waals surface area contributed by atoms with Crippen molar-refractivity contribution in [2.45, 2.75) is 62.6 Å². The Morgan fingerprint density at radius 2 is 1.84 bits per heavy atom. The molecule has 1 saturated heterocycles. The molecule has 1 amide bonds. The molecule has 0 bridgehead atoms. The fourth-order valence-electron chi connectivity index (χ4n) is 4.44. The lowest BCUT2D eigenvalue weighted by Gasteiger charge is -2.32. The predicted octanol–water partition coefficient (Wildman–Crippen LogP) is 3.12. The number of nitrogens with one attached hydrogen (secondary N) is 1. The highest BCUT2D eigenvalue weighted by molar-refractivity contribution is 7.88. The van der Waals surface area contributed by atoms with E-state index in [4.69, 9.17) is 4.74 Å². The van der Waals surface area contributed by atoms with Crippen LogP contribution in [-0.2, 0) is 19.5 Å². The largest absolute Gasteiger partial charge is 0.443 e. The van der Waals surface area contributed by atoms with Crippen molar-refractivity contribution in [1.29, 1.82) is 0 Å². The van der Waals surface area contributed by atoms with Gasteiger partial charge in [-0.2, -0.15) is 0 Å². The summed E-state index contributed by atoms with van der Waals surface area (Å²) in [5.74, 6) is 0.494. The third-order valence-corrected chi connectivity index (χ3v) is 6.66. The first-order valence-electron chi connectivity index (χ1n) is 10.6. The standard InChI is InChI=1S/C21H30F2N2O5S/c1-31(27,28)24-18-11-12-25(21(26)30-14-20(22)23)19(18)13-29-17-9-7-16(8-10-17)15-5-3-2-4-6-15/h2-6,16-20,24H,7-14H2,1H3/t16?,17?,18-,19-/m0/s1. The first-order chi connectivity index (χ1) is 14.7. The molecule has 0 radical (unpaired) electrons. The molecule has 1 aromatic carbocycles. The highest BCUT2D eigenvalue weighted by atomic mass is 32.2. The van der Waals surface area contributed by atoms with Crippen LogP contribution in [0.1, 0.15) is 43.6 Å². The van der Waals surface area contributed by atoms with Crippen LogP contribution in [0.5, 0.6) is 0 Å². The van der Waals surface area contributed by atoms with E-state index >= 15 is 0 Å². The van der Waals surface area contributed by atoms with Gasteiger partial charge in [-0.3, -0.25) is 0 Å². The molecule has 31 heavy (non-hydrogen) atoms. The molecule has 7 nitrogen and oxygen atoms in total. The van der Waals surface area contributed by atoms with Gasteiger partial charge < -0.3 is 14.4 Å². The van der Waals surface area contributed by atoms with Crippen molar-refractivity contribution in [3.8, 4) is 0 Å². The number of rotatable bonds is 8. The molecule has 1 aromatic rings. The van der Waals surface area contributed by atoms with Crippen LogP contribution in [0.4, 0.5) is 13.6 Å². The van der Waals surface area contributed by atoms with Crippen LogP contribution >= 0.6 is 0 Å². The zero-order chi connectivity index (χ0) is 22.4. The number of nitrogens with zero attached hydrogens (tertiary/aromatic N) is 1. The Kier molecular flexibility index (Phi) is 8.23. The summed E-state index contributed by atoms with van der Waals surface area (Å²) in [5.41, 5.74) is 1.32. The second-order valence-corrected chi connectivity index (χ2v) is 10.0. The van der Waals surface area contributed by atoms with E-state index in [1.165, 1.54) is 10.5 Å². The Hall–Kier alpha value is -1.78. The number of hydrogen-bond donors (Lipinski definition) is 1. The molecule has 2 aliphatic rings. The quantitative estimate of drug-likeness (QED) is 0.644. The molecule has 3 rings (SSSR count). The molecule has 10 heteroatoms. The second-order valence-electron chi connectivity index (χ2n) is 8.23. The number of benzene rings is 1. The van der Waals surface area contributed by atoms with E-state index in [0.717, 1.165) is 31.9 Å². The van der Waals surface area contributed by atoms with Gasteiger partial charge in [0.05, 0.1) is 25.0 Å². The summed E-state index contributed by atoms with van der Waals surface area (Å²) in [5, 5.41) is 0. The van der Waals surface area contributed by atoms with Crippen LogP contribution in [0, 0.1) is 0 Å². The van der Waals surface area contributed by atoms with Gasteiger partial charge in [0.1, 0.15) is 0 Å². The Labute approximate surface area is 182 Å². The summed E-state index contributed by atoms with van der Waals surface area (Å²) in [6.07, 6.45) is 1.51. The fourth-order valence-corrected chi connectivity index (χ4v) is 5.26. The fraction of sp³-hybridized carbons (Fsp3) is 0.667. The van der Waals surface area contributed by atoms with E-state index in [-0.39, 0.29) is 19.3 Å². The van der Waals surface area contributed by atoms with E-state index in [2.05, 4.69) is 21.6 Å². The second kappa shape index (κ2) is 10.7. The maximum Gasteiger partial charge on any atom is 0.410 e. The number of hydrogen-bond acceptors (Lipinski definition) is 5. The number of carbonyl (C=O) groups excluding carboxylic acids is 1. The molecular weight excluding hydrogens is 430 g/mol. The van der Waals surface area contributed by atoms with Crippen molar-refractivity contribution in [1.82, 2.24) is 9.62 Å². The average molecular weight is 461 g/mol. The summed E-state index contributed by atoms with van der Waals surface area (Å²) in [6, 6.07) is 9.19. The summed E-state index contributed by atoms with van der Waals surface area (Å²) in [6.45, 7) is -0.655. The monoisotopic (exact) mass is 460 g/mol. The summed E-state index contributed by atoms with van der Waals surface area (Å²) < 4.78 is 61.5. The normalized spacial score (nSPS) is 26.9. The molecule has 0 spiro atoms. The minimum atomic E-state index is -3.50. The number of ether oxygens (including phenoxy) is 2. The van der Waals surface area contributed by atoms with E-state index < -0.39 is 41.2 Å². The first kappa shape index (κ1) is 23.9. The summed E-state index contributed by atoms with van der Waals surface area (Å²) >= 11 is 0. The van der Waals surface area contributed by atoms with Gasteiger partial charge >= 0.3 is 6.09 Å². The van der Waals surface area contributed by atoms with Crippen LogP contribution in [0.25, 0.3) is 0 Å². The van der Waals surface area contributed by atoms with E-state index in [1.807, 2.05) is 18.2 Å². The van der Waals surface area contributed by atoms with Gasteiger partial charge in [0.25, 0.3) is 6.43 Å². The number of alkyl halides is 2. The molecule has 0 aromatic heterocycles. The highest BCUT2D eigenvalue weighted by Gasteiger charge is 2.40. The predicted molar refractivity (Wildman–Crippen MR) is 112 cm³/mol. The SMILES string of the molecule is CS(=O)(=O)N[C@H]1CCN(C(=O)OCC(F)F)[C@H]1COC1CCC(c2ccccc2)CC1. The number of amides is 1. The lowest BCUT2D eigenvalue weighted by molar-refractivity contribution is -0.0129. The van der Waals surface area contributed by atoms with Gasteiger partial charge in [0.2, 0.25) is 10.0 Å². The molecule has 1 saturated carbocycles. The zero-order valence-electron chi connectivity index (χ0n) is 17.6. The van der Waals surface area contributed by atoms with Crippen molar-refractivity contribution >= 4 is 16.1 Å². The van der Waals surface area contributed by atoms with Crippen molar-refractivity contribution in [3.05, 3.63) is 35.9 Å². The molecule has 1 aliphatic carbocycles. The third-order valence-electron chi connectivity index (χ3n) is 5.93. The molecule has 0 unspecified atom stereocenters. The molecule has 2 atom stereocenters. The molecule has 1 N–H and O–H groups in total. The van der Waals surface area contributed by atoms with Crippen LogP contribution in [-0.4, -0.2) is 70.0 Å². The van der Waals surface area contributed by atoms with Crippen LogP contribution in [0.3, 0.4) is 0 Å². The summed E-state index contributed by atoms with van der Waals surface area (Å²) in [4.78, 5) is 13.6. The number of carbonyl (C=O) groups is 1. The summed E-state index contributed by atoms with van der Waals surface area (Å²) in [7, 11) is -3.50. The molecular formula is C21H30F2N2O5S. The Morgan fingerprint density at radius 1 is 1.16 bits per heavy atom. The Bertz CT molecular complexity index is 816. The van der Waals surface area contributed by atoms with Gasteiger partial charge in [-0.15, -0.1) is 0 Å². The van der Waals surface area contributed by atoms with Crippen molar-refractivity contribution in [2.75, 3.05) is 26.0 Å². The molecule has 174 valence electrons. The van der Waals surface area contributed by atoms with Gasteiger partial charge in [-0.05, 0) is 43.6 Å². The Balaban J connectivity index is 1.56. The zero-order valence-corrected chi connectivity index (χ0v) is 18.4. The molecule has 1 heterocycles. The first-order valence-corrected chi connectivity index (χ1v) is 12.5. The third kappa shape index (κ3) is 7.11. The van der Waals surface area contributed by atoms with E-state index in [1.54, 1.807) is 0 Å². The Morgan fingerprint density at radius 3 is 2.45 bits per heavy atom.